The number of hydrogen-bond donors (Lipinski definition) is 1. The van der Waals surface area contributed by atoms with Crippen LogP contribution in [0.25, 0.3) is 0 Å². The van der Waals surface area contributed by atoms with Crippen molar-refractivity contribution in [3.8, 4) is 0 Å². The van der Waals surface area contributed by atoms with Crippen LogP contribution in [-0.2, 0) is 57.2 Å². The smallest absolute Gasteiger partial charge is 0.309 e. The Morgan fingerprint density at radius 2 is 0.582 bits per heavy atom. The van der Waals surface area contributed by atoms with Gasteiger partial charge < -0.3 is 33.7 Å². The Morgan fingerprint density at radius 1 is 0.358 bits per heavy atom. The molecule has 0 amide bonds. The number of esters is 6. The highest BCUT2D eigenvalue weighted by atomic mass is 16.6. The van der Waals surface area contributed by atoms with Gasteiger partial charge in [0.15, 0.2) is 12.2 Å². The van der Waals surface area contributed by atoms with E-state index in [4.69, 9.17) is 28.4 Å². The van der Waals surface area contributed by atoms with Gasteiger partial charge in [-0.05, 0) is 125 Å². The summed E-state index contributed by atoms with van der Waals surface area (Å²) in [7, 11) is 0. The molecule has 8 aliphatic rings. The zero-order valence-electron chi connectivity index (χ0n) is 40.5. The van der Waals surface area contributed by atoms with Crippen LogP contribution in [-0.4, -0.2) is 87.5 Å². The third kappa shape index (κ3) is 14.4. The lowest BCUT2D eigenvalue weighted by atomic mass is 9.82. The zero-order chi connectivity index (χ0) is 46.5. The molecule has 0 spiro atoms. The molecule has 8 rings (SSSR count). The first-order valence-corrected chi connectivity index (χ1v) is 27.4. The topological polar surface area (TPSA) is 170 Å². The predicted octanol–water partition coefficient (Wildman–Crippen LogP) is 9.00. The lowest BCUT2D eigenvalue weighted by Gasteiger charge is -2.24. The number of nitrogens with one attached hydrogen (secondary N) is 1. The molecule has 376 valence electrons. The van der Waals surface area contributed by atoms with Crippen LogP contribution in [0.1, 0.15) is 180 Å². The fourth-order valence-corrected chi connectivity index (χ4v) is 14.4. The Kier molecular flexibility index (Phi) is 18.8. The first-order chi connectivity index (χ1) is 32.6. The van der Waals surface area contributed by atoms with Crippen LogP contribution in [0, 0.1) is 71.0 Å². The molecule has 0 aromatic heterocycles. The standard InChI is InChI=1S/C54H83NO12/c56-49(66-47(31-62-51(58)43-23-35-11-1-2-12-36(35)24-43)32-63-52(59)44-25-37-13-3-4-14-38(37)26-44)19-9-21-55-22-10-20-50(57)67-48(33-64-53(60)45-27-39-15-5-6-16-40(39)28-45)34-65-54(61)46-29-41-17-7-8-18-42(41)30-46/h35-48,55H,1-34H2. The Balaban J connectivity index is 0.738. The number of fused-ring (bicyclic) bond motifs is 4. The summed E-state index contributed by atoms with van der Waals surface area (Å²) in [5.74, 6) is 2.31. The zero-order valence-corrected chi connectivity index (χ0v) is 40.5. The third-order valence-electron chi connectivity index (χ3n) is 18.0. The second-order valence-electron chi connectivity index (χ2n) is 22.6. The summed E-state index contributed by atoms with van der Waals surface area (Å²) in [6, 6.07) is 0. The van der Waals surface area contributed by atoms with E-state index < -0.39 is 24.1 Å². The maximum Gasteiger partial charge on any atom is 0.309 e. The monoisotopic (exact) mass is 938 g/mol. The first kappa shape index (κ1) is 50.2. The molecule has 8 atom stereocenters. The predicted molar refractivity (Wildman–Crippen MR) is 248 cm³/mol. The van der Waals surface area contributed by atoms with Crippen molar-refractivity contribution in [1.29, 1.82) is 0 Å². The molecule has 0 saturated heterocycles. The largest absolute Gasteiger partial charge is 0.461 e. The summed E-state index contributed by atoms with van der Waals surface area (Å²) in [5.41, 5.74) is 0. The van der Waals surface area contributed by atoms with E-state index in [1.165, 1.54) is 103 Å². The normalized spacial score (nSPS) is 34.0. The van der Waals surface area contributed by atoms with Crippen molar-refractivity contribution >= 4 is 35.8 Å². The molecule has 0 aromatic carbocycles. The van der Waals surface area contributed by atoms with E-state index in [9.17, 15) is 28.8 Å². The van der Waals surface area contributed by atoms with Crippen molar-refractivity contribution in [2.45, 2.75) is 192 Å². The Bertz CT molecular complexity index is 1400. The summed E-state index contributed by atoms with van der Waals surface area (Å²) >= 11 is 0. The Labute approximate surface area is 399 Å². The summed E-state index contributed by atoms with van der Waals surface area (Å²) in [5, 5.41) is 3.28. The fourth-order valence-electron chi connectivity index (χ4n) is 14.4. The van der Waals surface area contributed by atoms with E-state index in [1.807, 2.05) is 0 Å². The van der Waals surface area contributed by atoms with Crippen LogP contribution < -0.4 is 5.32 Å². The number of hydrogen-bond acceptors (Lipinski definition) is 13. The number of ether oxygens (including phenoxy) is 6. The molecule has 13 heteroatoms. The van der Waals surface area contributed by atoms with Crippen LogP contribution in [0.5, 0.6) is 0 Å². The van der Waals surface area contributed by atoms with E-state index in [0.29, 0.717) is 73.3 Å². The molecule has 8 aliphatic carbocycles. The molecule has 1 N–H and O–H groups in total. The Hall–Kier alpha value is -3.22. The van der Waals surface area contributed by atoms with Gasteiger partial charge in [-0.1, -0.05) is 103 Å². The van der Waals surface area contributed by atoms with E-state index in [0.717, 1.165) is 51.4 Å². The van der Waals surface area contributed by atoms with Gasteiger partial charge in [0.05, 0.1) is 23.7 Å². The molecule has 0 heterocycles. The molecule has 8 fully saturated rings. The second kappa shape index (κ2) is 25.1. The van der Waals surface area contributed by atoms with Gasteiger partial charge in [0.1, 0.15) is 26.4 Å². The van der Waals surface area contributed by atoms with Crippen molar-refractivity contribution in [2.75, 3.05) is 39.5 Å². The van der Waals surface area contributed by atoms with Crippen molar-refractivity contribution in [3.05, 3.63) is 0 Å². The minimum Gasteiger partial charge on any atom is -0.461 e. The number of carbonyl (C=O) groups excluding carboxylic acids is 6. The molecule has 13 nitrogen and oxygen atoms in total. The lowest BCUT2D eigenvalue weighted by molar-refractivity contribution is -0.169. The summed E-state index contributed by atoms with van der Waals surface area (Å²) in [6.07, 6.45) is 25.5. The Morgan fingerprint density at radius 3 is 0.806 bits per heavy atom. The summed E-state index contributed by atoms with van der Waals surface area (Å²) in [4.78, 5) is 78.9. The quantitative estimate of drug-likeness (QED) is 0.0621. The molecule has 8 saturated carbocycles. The first-order valence-electron chi connectivity index (χ1n) is 27.4. The van der Waals surface area contributed by atoms with E-state index >= 15 is 0 Å². The maximum atomic E-state index is 13.2. The van der Waals surface area contributed by atoms with Crippen LogP contribution in [0.4, 0.5) is 0 Å². The molecule has 0 bridgehead atoms. The average molecular weight is 938 g/mol. The molecular formula is C54H83NO12. The van der Waals surface area contributed by atoms with Crippen molar-refractivity contribution < 1.29 is 57.2 Å². The van der Waals surface area contributed by atoms with Gasteiger partial charge in [-0.25, -0.2) is 0 Å². The maximum absolute atomic E-state index is 13.2. The van der Waals surface area contributed by atoms with Crippen LogP contribution >= 0.6 is 0 Å². The molecule has 8 unspecified atom stereocenters. The van der Waals surface area contributed by atoms with Crippen LogP contribution in [0.15, 0.2) is 0 Å². The highest BCUT2D eigenvalue weighted by Crippen LogP contribution is 2.48. The van der Waals surface area contributed by atoms with Gasteiger partial charge in [-0.2, -0.15) is 0 Å². The molecule has 67 heavy (non-hydrogen) atoms. The van der Waals surface area contributed by atoms with Gasteiger partial charge in [-0.3, -0.25) is 28.8 Å². The fraction of sp³-hybridized carbons (Fsp3) is 0.889. The second-order valence-corrected chi connectivity index (χ2v) is 22.6. The van der Waals surface area contributed by atoms with Crippen molar-refractivity contribution in [2.24, 2.45) is 71.0 Å². The highest BCUT2D eigenvalue weighted by molar-refractivity contribution is 5.75. The van der Waals surface area contributed by atoms with Gasteiger partial charge in [0.25, 0.3) is 0 Å². The number of carbonyl (C=O) groups is 6. The molecular weight excluding hydrogens is 855 g/mol. The summed E-state index contributed by atoms with van der Waals surface area (Å²) in [6.45, 7) is 0.468. The molecule has 0 aliphatic heterocycles. The third-order valence-corrected chi connectivity index (χ3v) is 18.0. The van der Waals surface area contributed by atoms with E-state index in [-0.39, 0.29) is 86.8 Å². The van der Waals surface area contributed by atoms with E-state index in [1.54, 1.807) is 0 Å². The van der Waals surface area contributed by atoms with Gasteiger partial charge in [-0.15, -0.1) is 0 Å². The van der Waals surface area contributed by atoms with Gasteiger partial charge in [0, 0.05) is 12.8 Å². The van der Waals surface area contributed by atoms with Crippen LogP contribution in [0.2, 0.25) is 0 Å². The van der Waals surface area contributed by atoms with Gasteiger partial charge >= 0.3 is 35.8 Å². The number of rotatable bonds is 22. The highest BCUT2D eigenvalue weighted by Gasteiger charge is 2.43. The minimum absolute atomic E-state index is 0.120. The van der Waals surface area contributed by atoms with Crippen molar-refractivity contribution in [3.63, 3.8) is 0 Å². The average Bonchev–Trinajstić information content (AvgIpc) is 4.17. The SMILES string of the molecule is O=C(CCCNCCCC(=O)OC(COC(=O)C1CC2CCCCC2C1)COC(=O)C1CC2CCCCC2C1)OC(COC(=O)C1CC2CCCCC2C1)COC(=O)C1CC2CCCCC2C1. The molecule has 0 radical (unpaired) electrons. The lowest BCUT2D eigenvalue weighted by Crippen LogP contribution is -2.33. The van der Waals surface area contributed by atoms with Crippen LogP contribution in [0.3, 0.4) is 0 Å². The van der Waals surface area contributed by atoms with Gasteiger partial charge in [0.2, 0.25) is 0 Å². The minimum atomic E-state index is -0.874. The van der Waals surface area contributed by atoms with Crippen molar-refractivity contribution in [1.82, 2.24) is 5.32 Å². The van der Waals surface area contributed by atoms with E-state index in [2.05, 4.69) is 5.32 Å². The molecule has 0 aromatic rings. The summed E-state index contributed by atoms with van der Waals surface area (Å²) < 4.78 is 34.6.